The van der Waals surface area contributed by atoms with Crippen LogP contribution in [-0.2, 0) is 16.8 Å². The fourth-order valence-corrected chi connectivity index (χ4v) is 4.12. The van der Waals surface area contributed by atoms with Crippen LogP contribution in [0.5, 0.6) is 5.75 Å². The largest absolute Gasteiger partial charge is 0.426 e. The Morgan fingerprint density at radius 3 is 2.22 bits per heavy atom. The summed E-state index contributed by atoms with van der Waals surface area (Å²) in [7, 11) is 4.00. The van der Waals surface area contributed by atoms with Crippen LogP contribution in [-0.4, -0.2) is 36.6 Å². The minimum atomic E-state index is -0.982. The van der Waals surface area contributed by atoms with Gasteiger partial charge in [-0.25, -0.2) is 0 Å². The van der Waals surface area contributed by atoms with E-state index in [9.17, 15) is 9.90 Å². The number of carbonyl (C=O) groups excluding carboxylic acids is 1. The number of halogens is 1. The molecule has 0 saturated heterocycles. The number of aliphatic hydroxyl groups is 1. The topological polar surface area (TPSA) is 49.8 Å². The van der Waals surface area contributed by atoms with Gasteiger partial charge in [0.05, 0.1) is 11.5 Å². The van der Waals surface area contributed by atoms with Gasteiger partial charge in [0.15, 0.2) is 0 Å². The normalized spacial score (nSPS) is 15.1. The number of esters is 1. The molecule has 0 heterocycles. The molecule has 0 aromatic heterocycles. The zero-order valence-corrected chi connectivity index (χ0v) is 21.4. The van der Waals surface area contributed by atoms with Gasteiger partial charge in [-0.2, -0.15) is 0 Å². The van der Waals surface area contributed by atoms with Crippen LogP contribution in [0.1, 0.15) is 63.6 Å². The van der Waals surface area contributed by atoms with E-state index in [0.717, 1.165) is 24.1 Å². The molecule has 2 rings (SSSR count). The highest BCUT2D eigenvalue weighted by Crippen LogP contribution is 2.35. The molecule has 1 N–H and O–H groups in total. The van der Waals surface area contributed by atoms with Crippen molar-refractivity contribution >= 4 is 18.4 Å². The van der Waals surface area contributed by atoms with Crippen molar-refractivity contribution in [2.75, 3.05) is 20.6 Å². The van der Waals surface area contributed by atoms with Crippen LogP contribution in [0.2, 0.25) is 0 Å². The first-order valence-electron chi connectivity index (χ1n) is 11.3. The lowest BCUT2D eigenvalue weighted by molar-refractivity contribution is -0.135. The van der Waals surface area contributed by atoms with Crippen LogP contribution >= 0.6 is 12.4 Å². The summed E-state index contributed by atoms with van der Waals surface area (Å²) in [4.78, 5) is 14.9. The smallest absolute Gasteiger partial charge is 0.318 e. The number of ether oxygens (including phenoxy) is 1. The van der Waals surface area contributed by atoms with Crippen molar-refractivity contribution in [3.05, 3.63) is 65.2 Å². The first-order chi connectivity index (χ1) is 14.6. The van der Waals surface area contributed by atoms with E-state index in [1.165, 1.54) is 5.56 Å². The van der Waals surface area contributed by atoms with Crippen molar-refractivity contribution in [2.24, 2.45) is 11.8 Å². The highest BCUT2D eigenvalue weighted by atomic mass is 35.5. The summed E-state index contributed by atoms with van der Waals surface area (Å²) in [6.07, 6.45) is 1.61. The molecule has 0 fully saturated rings. The maximum absolute atomic E-state index is 12.8. The Hall–Kier alpha value is -1.88. The quantitative estimate of drug-likeness (QED) is 0.358. The lowest BCUT2D eigenvalue weighted by atomic mass is 9.80. The van der Waals surface area contributed by atoms with Gasteiger partial charge in [-0.3, -0.25) is 4.79 Å². The van der Waals surface area contributed by atoms with Gasteiger partial charge >= 0.3 is 5.97 Å². The molecule has 3 atom stereocenters. The molecule has 0 saturated carbocycles. The molecule has 0 spiro atoms. The monoisotopic (exact) mass is 461 g/mol. The Labute approximate surface area is 200 Å². The molecule has 32 heavy (non-hydrogen) atoms. The molecule has 0 aliphatic heterocycles. The number of carbonyl (C=O) groups is 1. The minimum Gasteiger partial charge on any atom is -0.426 e. The average Bonchev–Trinajstić information content (AvgIpc) is 2.72. The molecule has 4 nitrogen and oxygen atoms in total. The molecule has 0 aliphatic carbocycles. The molecular weight excluding hydrogens is 422 g/mol. The van der Waals surface area contributed by atoms with E-state index in [4.69, 9.17) is 4.74 Å². The Kier molecular flexibility index (Phi) is 10.9. The Morgan fingerprint density at radius 2 is 1.69 bits per heavy atom. The zero-order chi connectivity index (χ0) is 23.2. The minimum absolute atomic E-state index is 0. The Balaban J connectivity index is 0.00000512. The summed E-state index contributed by atoms with van der Waals surface area (Å²) >= 11 is 0. The number of rotatable bonds is 10. The summed E-state index contributed by atoms with van der Waals surface area (Å²) in [5, 5.41) is 11.4. The van der Waals surface area contributed by atoms with Gasteiger partial charge in [0, 0.05) is 12.5 Å². The van der Waals surface area contributed by atoms with Crippen LogP contribution in [0, 0.1) is 11.8 Å². The third-order valence-electron chi connectivity index (χ3n) is 6.02. The number of hydrogen-bond acceptors (Lipinski definition) is 4. The van der Waals surface area contributed by atoms with E-state index in [1.807, 2.05) is 59.1 Å². The fraction of sp³-hybridized carbons (Fsp3) is 0.519. The van der Waals surface area contributed by atoms with E-state index < -0.39 is 5.60 Å². The maximum Gasteiger partial charge on any atom is 0.318 e. The summed E-state index contributed by atoms with van der Waals surface area (Å²) < 4.78 is 5.71. The molecule has 0 bridgehead atoms. The molecule has 178 valence electrons. The predicted molar refractivity (Wildman–Crippen MR) is 135 cm³/mol. The van der Waals surface area contributed by atoms with E-state index in [-0.39, 0.29) is 30.2 Å². The van der Waals surface area contributed by atoms with Gasteiger partial charge in [-0.1, -0.05) is 64.1 Å². The van der Waals surface area contributed by atoms with Crippen LogP contribution < -0.4 is 4.74 Å². The van der Waals surface area contributed by atoms with Gasteiger partial charge in [0.25, 0.3) is 0 Å². The lowest BCUT2D eigenvalue weighted by Gasteiger charge is -2.35. The molecule has 0 aliphatic rings. The van der Waals surface area contributed by atoms with E-state index >= 15 is 0 Å². The van der Waals surface area contributed by atoms with Crippen molar-refractivity contribution in [1.29, 1.82) is 0 Å². The average molecular weight is 462 g/mol. The van der Waals surface area contributed by atoms with Crippen molar-refractivity contribution in [3.63, 3.8) is 0 Å². The third kappa shape index (κ3) is 7.33. The SMILES string of the molecule is CC[C@](O)(c1cccc(OC(=O)C(C)c2ccc(CC(C)C)cc2)c1)[C@H](C)CN(C)C.Cl. The number of nitrogens with zero attached hydrogens (tertiary/aromatic N) is 1. The van der Waals surface area contributed by atoms with Crippen molar-refractivity contribution < 1.29 is 14.6 Å². The van der Waals surface area contributed by atoms with Gasteiger partial charge in [0.2, 0.25) is 0 Å². The maximum atomic E-state index is 12.8. The summed E-state index contributed by atoms with van der Waals surface area (Å²) in [6, 6.07) is 15.5. The molecule has 2 aromatic rings. The van der Waals surface area contributed by atoms with Crippen LogP contribution in [0.25, 0.3) is 0 Å². The van der Waals surface area contributed by atoms with Crippen LogP contribution in [0.15, 0.2) is 48.5 Å². The fourth-order valence-electron chi connectivity index (χ4n) is 4.12. The van der Waals surface area contributed by atoms with Crippen molar-refractivity contribution in [1.82, 2.24) is 4.90 Å². The second-order valence-corrected chi connectivity index (χ2v) is 9.45. The molecule has 2 aromatic carbocycles. The first-order valence-corrected chi connectivity index (χ1v) is 11.3. The number of benzene rings is 2. The predicted octanol–water partition coefficient (Wildman–Crippen LogP) is 5.81. The van der Waals surface area contributed by atoms with Gasteiger partial charge in [-0.15, -0.1) is 12.4 Å². The molecule has 0 amide bonds. The summed E-state index contributed by atoms with van der Waals surface area (Å²) in [5.41, 5.74) is 2.02. The van der Waals surface area contributed by atoms with Crippen molar-refractivity contribution in [2.45, 2.75) is 59.0 Å². The highest BCUT2D eigenvalue weighted by molar-refractivity contribution is 5.85. The molecular formula is C27H40ClNO3. The van der Waals surface area contributed by atoms with Crippen LogP contribution in [0.3, 0.4) is 0 Å². The molecule has 5 heteroatoms. The second kappa shape index (κ2) is 12.4. The number of hydrogen-bond donors (Lipinski definition) is 1. The van der Waals surface area contributed by atoms with Crippen molar-refractivity contribution in [3.8, 4) is 5.75 Å². The van der Waals surface area contributed by atoms with Crippen LogP contribution in [0.4, 0.5) is 0 Å². The highest BCUT2D eigenvalue weighted by Gasteiger charge is 2.34. The first kappa shape index (κ1) is 28.2. The van der Waals surface area contributed by atoms with Gasteiger partial charge < -0.3 is 14.7 Å². The summed E-state index contributed by atoms with van der Waals surface area (Å²) in [6.45, 7) is 11.1. The second-order valence-electron chi connectivity index (χ2n) is 9.45. The summed E-state index contributed by atoms with van der Waals surface area (Å²) in [5.74, 6) is 0.434. The molecule has 1 unspecified atom stereocenters. The Bertz CT molecular complexity index is 850. The van der Waals surface area contributed by atoms with Gasteiger partial charge in [0.1, 0.15) is 5.75 Å². The Morgan fingerprint density at radius 1 is 1.06 bits per heavy atom. The zero-order valence-electron chi connectivity index (χ0n) is 20.6. The standard InChI is InChI=1S/C27H39NO3.ClH/c1-8-27(30,20(4)18-28(6)7)24-10-9-11-25(17-24)31-26(29)21(5)23-14-12-22(13-15-23)16-19(2)3;/h9-15,17,19-21,30H,8,16,18H2,1-7H3;1H/t20-,21?,27-;/m1./s1. The lowest BCUT2D eigenvalue weighted by Crippen LogP contribution is -2.38. The van der Waals surface area contributed by atoms with Gasteiger partial charge in [-0.05, 0) is 68.6 Å². The van der Waals surface area contributed by atoms with E-state index in [2.05, 4.69) is 30.9 Å². The third-order valence-corrected chi connectivity index (χ3v) is 6.02. The molecule has 0 radical (unpaired) electrons. The van der Waals surface area contributed by atoms with E-state index in [0.29, 0.717) is 18.1 Å². The van der Waals surface area contributed by atoms with E-state index in [1.54, 1.807) is 12.1 Å².